The largest absolute Gasteiger partial charge is 0.396 e. The zero-order valence-electron chi connectivity index (χ0n) is 12.6. The normalized spacial score (nSPS) is 12.2. The van der Waals surface area contributed by atoms with Crippen LogP contribution in [0.3, 0.4) is 0 Å². The van der Waals surface area contributed by atoms with Crippen molar-refractivity contribution in [2.45, 2.75) is 39.7 Å². The molecule has 110 valence electrons. The minimum absolute atomic E-state index is 0.223. The predicted octanol–water partition coefficient (Wildman–Crippen LogP) is 3.45. The fraction of sp³-hybridized carbons (Fsp3) is 0.529. The van der Waals surface area contributed by atoms with Crippen molar-refractivity contribution in [3.8, 4) is 0 Å². The Bertz CT molecular complexity index is 529. The highest BCUT2D eigenvalue weighted by atomic mass is 16.3. The highest BCUT2D eigenvalue weighted by Crippen LogP contribution is 2.29. The number of nitrogens with one attached hydrogen (secondary N) is 2. The van der Waals surface area contributed by atoms with Gasteiger partial charge in [0.1, 0.15) is 0 Å². The van der Waals surface area contributed by atoms with Gasteiger partial charge in [0, 0.05) is 36.8 Å². The number of fused-ring (bicyclic) bond motifs is 1. The highest BCUT2D eigenvalue weighted by molar-refractivity contribution is 5.82. The summed E-state index contributed by atoms with van der Waals surface area (Å²) in [7, 11) is 0. The van der Waals surface area contributed by atoms with Crippen LogP contribution in [0.1, 0.15) is 38.7 Å². The van der Waals surface area contributed by atoms with Crippen LogP contribution in [-0.2, 0) is 6.54 Å². The maximum Gasteiger partial charge on any atom is 0.0457 e. The summed E-state index contributed by atoms with van der Waals surface area (Å²) in [6.45, 7) is 6.54. The van der Waals surface area contributed by atoms with Crippen molar-refractivity contribution in [3.05, 3.63) is 36.0 Å². The molecule has 0 saturated heterocycles. The van der Waals surface area contributed by atoms with E-state index in [0.717, 1.165) is 32.4 Å². The SMILES string of the molecule is CCC(CC)(CCO)CNCc1cccc2[nH]ccc12. The van der Waals surface area contributed by atoms with E-state index in [1.165, 1.54) is 16.5 Å². The van der Waals surface area contributed by atoms with E-state index in [1.807, 2.05) is 6.20 Å². The van der Waals surface area contributed by atoms with E-state index >= 15 is 0 Å². The molecular formula is C17H26N2O. The van der Waals surface area contributed by atoms with Crippen molar-refractivity contribution in [1.82, 2.24) is 10.3 Å². The molecule has 1 aromatic heterocycles. The molecule has 3 nitrogen and oxygen atoms in total. The quantitative estimate of drug-likeness (QED) is 0.690. The average Bonchev–Trinajstić information content (AvgIpc) is 2.95. The van der Waals surface area contributed by atoms with Crippen LogP contribution in [0.15, 0.2) is 30.5 Å². The summed E-state index contributed by atoms with van der Waals surface area (Å²) in [5.41, 5.74) is 2.74. The smallest absolute Gasteiger partial charge is 0.0457 e. The summed E-state index contributed by atoms with van der Waals surface area (Å²) >= 11 is 0. The van der Waals surface area contributed by atoms with Crippen molar-refractivity contribution in [3.63, 3.8) is 0 Å². The molecule has 0 aliphatic heterocycles. The van der Waals surface area contributed by atoms with Gasteiger partial charge in [-0.1, -0.05) is 26.0 Å². The van der Waals surface area contributed by atoms with Crippen LogP contribution in [0.25, 0.3) is 10.9 Å². The minimum atomic E-state index is 0.223. The molecule has 1 heterocycles. The molecule has 2 rings (SSSR count). The van der Waals surface area contributed by atoms with Crippen molar-refractivity contribution in [2.75, 3.05) is 13.2 Å². The molecule has 0 fully saturated rings. The highest BCUT2D eigenvalue weighted by Gasteiger charge is 2.24. The Hall–Kier alpha value is -1.32. The molecule has 20 heavy (non-hydrogen) atoms. The summed E-state index contributed by atoms with van der Waals surface area (Å²) in [5.74, 6) is 0. The molecule has 1 aromatic carbocycles. The fourth-order valence-corrected chi connectivity index (χ4v) is 2.95. The number of aliphatic hydroxyl groups is 1. The predicted molar refractivity (Wildman–Crippen MR) is 84.7 cm³/mol. The van der Waals surface area contributed by atoms with Crippen molar-refractivity contribution in [2.24, 2.45) is 5.41 Å². The van der Waals surface area contributed by atoms with Crippen LogP contribution in [0, 0.1) is 5.41 Å². The molecule has 2 aromatic rings. The molecule has 0 bridgehead atoms. The van der Waals surface area contributed by atoms with E-state index in [9.17, 15) is 5.11 Å². The molecule has 0 unspecified atom stereocenters. The Labute approximate surface area is 121 Å². The lowest BCUT2D eigenvalue weighted by Crippen LogP contribution is -2.34. The number of H-pyrrole nitrogens is 1. The Morgan fingerprint density at radius 2 is 2.00 bits per heavy atom. The number of aromatic amines is 1. The third kappa shape index (κ3) is 3.22. The molecule has 0 spiro atoms. The Morgan fingerprint density at radius 1 is 1.20 bits per heavy atom. The van der Waals surface area contributed by atoms with E-state index in [4.69, 9.17) is 0 Å². The van der Waals surface area contributed by atoms with Crippen molar-refractivity contribution >= 4 is 10.9 Å². The first kappa shape index (κ1) is 15.1. The van der Waals surface area contributed by atoms with Gasteiger partial charge in [-0.05, 0) is 42.4 Å². The summed E-state index contributed by atoms with van der Waals surface area (Å²) in [6, 6.07) is 8.51. The topological polar surface area (TPSA) is 48.0 Å². The van der Waals surface area contributed by atoms with Gasteiger partial charge >= 0.3 is 0 Å². The zero-order chi connectivity index (χ0) is 14.4. The van der Waals surface area contributed by atoms with Crippen LogP contribution >= 0.6 is 0 Å². The second-order valence-electron chi connectivity index (χ2n) is 5.64. The zero-order valence-corrected chi connectivity index (χ0v) is 12.6. The van der Waals surface area contributed by atoms with Crippen LogP contribution < -0.4 is 5.32 Å². The number of aliphatic hydroxyl groups excluding tert-OH is 1. The Morgan fingerprint density at radius 3 is 2.70 bits per heavy atom. The van der Waals surface area contributed by atoms with E-state index in [0.29, 0.717) is 0 Å². The second-order valence-corrected chi connectivity index (χ2v) is 5.64. The lowest BCUT2D eigenvalue weighted by Gasteiger charge is -2.31. The van der Waals surface area contributed by atoms with Gasteiger partial charge in [-0.2, -0.15) is 0 Å². The van der Waals surface area contributed by atoms with Crippen LogP contribution in [-0.4, -0.2) is 23.2 Å². The van der Waals surface area contributed by atoms with Crippen molar-refractivity contribution < 1.29 is 5.11 Å². The van der Waals surface area contributed by atoms with E-state index in [-0.39, 0.29) is 12.0 Å². The van der Waals surface area contributed by atoms with E-state index < -0.39 is 0 Å². The Balaban J connectivity index is 2.00. The Kier molecular flexibility index (Phi) is 5.21. The molecule has 0 amide bonds. The first-order valence-corrected chi connectivity index (χ1v) is 7.61. The molecule has 3 N–H and O–H groups in total. The monoisotopic (exact) mass is 274 g/mol. The average molecular weight is 274 g/mol. The van der Waals surface area contributed by atoms with E-state index in [2.05, 4.69) is 48.4 Å². The molecular weight excluding hydrogens is 248 g/mol. The number of hydrogen-bond donors (Lipinski definition) is 3. The van der Waals surface area contributed by atoms with Gasteiger partial charge in [-0.3, -0.25) is 0 Å². The van der Waals surface area contributed by atoms with Crippen LogP contribution in [0.5, 0.6) is 0 Å². The summed E-state index contributed by atoms with van der Waals surface area (Å²) < 4.78 is 0. The van der Waals surface area contributed by atoms with Gasteiger partial charge < -0.3 is 15.4 Å². The summed E-state index contributed by atoms with van der Waals surface area (Å²) in [4.78, 5) is 3.25. The maximum atomic E-state index is 9.26. The number of aromatic nitrogens is 1. The minimum Gasteiger partial charge on any atom is -0.396 e. The van der Waals surface area contributed by atoms with Gasteiger partial charge in [0.2, 0.25) is 0 Å². The third-order valence-corrected chi connectivity index (χ3v) is 4.64. The van der Waals surface area contributed by atoms with E-state index in [1.54, 1.807) is 0 Å². The number of benzene rings is 1. The number of rotatable bonds is 8. The van der Waals surface area contributed by atoms with Crippen LogP contribution in [0.4, 0.5) is 0 Å². The maximum absolute atomic E-state index is 9.26. The van der Waals surface area contributed by atoms with Gasteiger partial charge in [-0.25, -0.2) is 0 Å². The van der Waals surface area contributed by atoms with Crippen LogP contribution in [0.2, 0.25) is 0 Å². The first-order valence-electron chi connectivity index (χ1n) is 7.61. The van der Waals surface area contributed by atoms with Crippen molar-refractivity contribution in [1.29, 1.82) is 0 Å². The van der Waals surface area contributed by atoms with Gasteiger partial charge in [0.05, 0.1) is 0 Å². The standard InChI is InChI=1S/C17H26N2O/c1-3-17(4-2,9-11-20)13-18-12-14-6-5-7-16-15(14)8-10-19-16/h5-8,10,18-20H,3-4,9,11-13H2,1-2H3. The second kappa shape index (κ2) is 6.91. The molecule has 0 aliphatic rings. The third-order valence-electron chi connectivity index (χ3n) is 4.64. The summed E-state index contributed by atoms with van der Waals surface area (Å²) in [6.07, 6.45) is 5.07. The first-order chi connectivity index (χ1) is 9.74. The molecule has 3 heteroatoms. The van der Waals surface area contributed by atoms with Gasteiger partial charge in [-0.15, -0.1) is 0 Å². The lowest BCUT2D eigenvalue weighted by molar-refractivity contribution is 0.163. The fourth-order valence-electron chi connectivity index (χ4n) is 2.95. The lowest BCUT2D eigenvalue weighted by atomic mass is 9.79. The summed E-state index contributed by atoms with van der Waals surface area (Å²) in [5, 5.41) is 14.1. The molecule has 0 atom stereocenters. The number of hydrogen-bond acceptors (Lipinski definition) is 2. The molecule has 0 saturated carbocycles. The van der Waals surface area contributed by atoms with Gasteiger partial charge in [0.25, 0.3) is 0 Å². The molecule has 0 aliphatic carbocycles. The van der Waals surface area contributed by atoms with Gasteiger partial charge in [0.15, 0.2) is 0 Å². The molecule has 0 radical (unpaired) electrons.